The van der Waals surface area contributed by atoms with Crippen molar-refractivity contribution in [3.63, 3.8) is 0 Å². The summed E-state index contributed by atoms with van der Waals surface area (Å²) < 4.78 is 5.32. The summed E-state index contributed by atoms with van der Waals surface area (Å²) in [6.07, 6.45) is 6.39. The van der Waals surface area contributed by atoms with Gasteiger partial charge in [-0.2, -0.15) is 0 Å². The van der Waals surface area contributed by atoms with Gasteiger partial charge in [0.2, 0.25) is 0 Å². The molecule has 1 aliphatic rings. The average Bonchev–Trinajstić information content (AvgIpc) is 3.26. The van der Waals surface area contributed by atoms with Crippen molar-refractivity contribution in [1.82, 2.24) is 10.6 Å². The van der Waals surface area contributed by atoms with Gasteiger partial charge < -0.3 is 15.4 Å². The molecule has 1 heterocycles. The minimum absolute atomic E-state index is 0.104. The number of aliphatic imine (C=N–C) groups is 1. The van der Waals surface area contributed by atoms with Crippen LogP contribution in [0.2, 0.25) is 0 Å². The van der Waals surface area contributed by atoms with Crippen LogP contribution in [-0.2, 0) is 10.2 Å². The van der Waals surface area contributed by atoms with Crippen LogP contribution in [0.15, 0.2) is 22.5 Å². The first-order valence-electron chi connectivity index (χ1n) is 8.99. The third kappa shape index (κ3) is 5.21. The Morgan fingerprint density at radius 2 is 2.08 bits per heavy atom. The highest BCUT2D eigenvalue weighted by Crippen LogP contribution is 2.40. The summed E-state index contributed by atoms with van der Waals surface area (Å²) in [6, 6.07) is 4.33. The number of rotatable bonds is 8. The largest absolute Gasteiger partial charge is 0.385 e. The summed E-state index contributed by atoms with van der Waals surface area (Å²) >= 11 is 1.82. The minimum Gasteiger partial charge on any atom is -0.385 e. The zero-order chi connectivity index (χ0) is 17.5. The van der Waals surface area contributed by atoms with Crippen LogP contribution < -0.4 is 10.6 Å². The lowest BCUT2D eigenvalue weighted by Gasteiger charge is -2.31. The van der Waals surface area contributed by atoms with Crippen molar-refractivity contribution in [3.8, 4) is 0 Å². The van der Waals surface area contributed by atoms with E-state index in [9.17, 15) is 0 Å². The molecule has 1 aromatic heterocycles. The second kappa shape index (κ2) is 8.86. The smallest absolute Gasteiger partial charge is 0.191 e. The van der Waals surface area contributed by atoms with E-state index in [1.54, 1.807) is 7.11 Å². The predicted octanol–water partition coefficient (Wildman–Crippen LogP) is 3.79. The Morgan fingerprint density at radius 1 is 1.33 bits per heavy atom. The Balaban J connectivity index is 1.85. The second-order valence-electron chi connectivity index (χ2n) is 7.59. The number of guanidine groups is 1. The van der Waals surface area contributed by atoms with Crippen molar-refractivity contribution in [2.24, 2.45) is 10.4 Å². The van der Waals surface area contributed by atoms with Crippen LogP contribution in [0.3, 0.4) is 0 Å². The highest BCUT2D eigenvalue weighted by atomic mass is 32.1. The topological polar surface area (TPSA) is 45.7 Å². The molecule has 2 rings (SSSR count). The number of hydrogen-bond donors (Lipinski definition) is 2. The van der Waals surface area contributed by atoms with E-state index >= 15 is 0 Å². The molecular weight excluding hydrogens is 318 g/mol. The molecule has 4 nitrogen and oxygen atoms in total. The van der Waals surface area contributed by atoms with Gasteiger partial charge in [0.05, 0.1) is 0 Å². The first-order valence-corrected chi connectivity index (χ1v) is 9.87. The van der Waals surface area contributed by atoms with Gasteiger partial charge in [-0.25, -0.2) is 0 Å². The van der Waals surface area contributed by atoms with Crippen LogP contribution in [0, 0.1) is 5.41 Å². The standard InChI is InChI=1S/C19H33N3OS/c1-18(2,16-8-7-13-24-16)14-21-17(20-3)22-15-19(11-12-23-4)9-5-6-10-19/h7-8,13H,5-6,9-12,14-15H2,1-4H3,(H2,20,21,22). The third-order valence-electron chi connectivity index (χ3n) is 5.24. The fourth-order valence-electron chi connectivity index (χ4n) is 3.51. The molecule has 0 amide bonds. The average molecular weight is 352 g/mol. The molecule has 0 bridgehead atoms. The number of hydrogen-bond acceptors (Lipinski definition) is 3. The van der Waals surface area contributed by atoms with E-state index in [-0.39, 0.29) is 5.41 Å². The lowest BCUT2D eigenvalue weighted by molar-refractivity contribution is 0.138. The van der Waals surface area contributed by atoms with E-state index in [4.69, 9.17) is 4.74 Å². The first kappa shape index (κ1) is 19.3. The number of nitrogens with zero attached hydrogens (tertiary/aromatic N) is 1. The summed E-state index contributed by atoms with van der Waals surface area (Å²) in [5, 5.41) is 9.22. The van der Waals surface area contributed by atoms with Crippen LogP contribution in [0.5, 0.6) is 0 Å². The maximum absolute atomic E-state index is 5.32. The lowest BCUT2D eigenvalue weighted by Crippen LogP contribution is -2.46. The van der Waals surface area contributed by atoms with E-state index in [1.165, 1.54) is 30.6 Å². The normalized spacial score (nSPS) is 17.9. The van der Waals surface area contributed by atoms with E-state index in [2.05, 4.69) is 47.0 Å². The Kier molecular flexibility index (Phi) is 7.11. The van der Waals surface area contributed by atoms with Gasteiger partial charge in [0.15, 0.2) is 5.96 Å². The van der Waals surface area contributed by atoms with Gasteiger partial charge in [-0.3, -0.25) is 4.99 Å². The quantitative estimate of drug-likeness (QED) is 0.553. The summed E-state index contributed by atoms with van der Waals surface area (Å²) in [7, 11) is 3.65. The first-order chi connectivity index (χ1) is 11.5. The van der Waals surface area contributed by atoms with Crippen LogP contribution in [0.25, 0.3) is 0 Å². The maximum atomic E-state index is 5.32. The molecule has 136 valence electrons. The molecule has 1 aromatic rings. The molecule has 0 saturated heterocycles. The van der Waals surface area contributed by atoms with Gasteiger partial charge >= 0.3 is 0 Å². The molecule has 1 fully saturated rings. The van der Waals surface area contributed by atoms with Crippen molar-refractivity contribution >= 4 is 17.3 Å². The van der Waals surface area contributed by atoms with Crippen LogP contribution in [0.4, 0.5) is 0 Å². The van der Waals surface area contributed by atoms with Crippen LogP contribution in [-0.4, -0.2) is 39.8 Å². The van der Waals surface area contributed by atoms with E-state index < -0.39 is 0 Å². The summed E-state index contributed by atoms with van der Waals surface area (Å²) in [5.74, 6) is 0.906. The highest BCUT2D eigenvalue weighted by Gasteiger charge is 2.33. The van der Waals surface area contributed by atoms with Gasteiger partial charge in [0.25, 0.3) is 0 Å². The van der Waals surface area contributed by atoms with Gasteiger partial charge in [0.1, 0.15) is 0 Å². The monoisotopic (exact) mass is 351 g/mol. The second-order valence-corrected chi connectivity index (χ2v) is 8.54. The Labute approximate surface area is 151 Å². The van der Waals surface area contributed by atoms with Crippen molar-refractivity contribution in [1.29, 1.82) is 0 Å². The summed E-state index contributed by atoms with van der Waals surface area (Å²) in [6.45, 7) is 7.25. The van der Waals surface area contributed by atoms with Crippen LogP contribution in [0.1, 0.15) is 50.8 Å². The Bertz CT molecular complexity index is 505. The molecule has 1 saturated carbocycles. The van der Waals surface area contributed by atoms with Gasteiger partial charge in [-0.05, 0) is 36.1 Å². The van der Waals surface area contributed by atoms with Crippen molar-refractivity contribution < 1.29 is 4.74 Å². The SMILES string of the molecule is CN=C(NCC1(CCOC)CCCC1)NCC(C)(C)c1cccs1. The molecule has 0 aromatic carbocycles. The molecule has 0 unspecified atom stereocenters. The summed E-state index contributed by atoms with van der Waals surface area (Å²) in [5.41, 5.74) is 0.476. The number of nitrogens with one attached hydrogen (secondary N) is 2. The van der Waals surface area contributed by atoms with Crippen molar-refractivity contribution in [3.05, 3.63) is 22.4 Å². The molecule has 1 aliphatic carbocycles. The maximum Gasteiger partial charge on any atom is 0.191 e. The third-order valence-corrected chi connectivity index (χ3v) is 6.48. The van der Waals surface area contributed by atoms with E-state index in [0.29, 0.717) is 5.41 Å². The Hall–Kier alpha value is -1.07. The minimum atomic E-state index is 0.104. The summed E-state index contributed by atoms with van der Waals surface area (Å²) in [4.78, 5) is 5.81. The molecule has 0 atom stereocenters. The highest BCUT2D eigenvalue weighted by molar-refractivity contribution is 7.10. The van der Waals surface area contributed by atoms with Gasteiger partial charge in [0, 0.05) is 44.1 Å². The molecule has 0 spiro atoms. The fraction of sp³-hybridized carbons (Fsp3) is 0.737. The van der Waals surface area contributed by atoms with E-state index in [1.807, 2.05) is 18.4 Å². The number of thiophene rings is 1. The predicted molar refractivity (Wildman–Crippen MR) is 104 cm³/mol. The lowest BCUT2D eigenvalue weighted by atomic mass is 9.83. The molecule has 0 aliphatic heterocycles. The van der Waals surface area contributed by atoms with Gasteiger partial charge in [-0.1, -0.05) is 32.8 Å². The van der Waals surface area contributed by atoms with Crippen LogP contribution >= 0.6 is 11.3 Å². The molecule has 0 radical (unpaired) electrons. The number of methoxy groups -OCH3 is 1. The number of ether oxygens (including phenoxy) is 1. The molecule has 5 heteroatoms. The molecular formula is C19H33N3OS. The van der Waals surface area contributed by atoms with Gasteiger partial charge in [-0.15, -0.1) is 11.3 Å². The van der Waals surface area contributed by atoms with E-state index in [0.717, 1.165) is 32.1 Å². The zero-order valence-corrected chi connectivity index (χ0v) is 16.5. The fourth-order valence-corrected chi connectivity index (χ4v) is 4.36. The Morgan fingerprint density at radius 3 is 2.67 bits per heavy atom. The van der Waals surface area contributed by atoms with Crippen molar-refractivity contribution in [2.45, 2.75) is 51.4 Å². The molecule has 2 N–H and O–H groups in total. The molecule has 24 heavy (non-hydrogen) atoms. The van der Waals surface area contributed by atoms with Crippen molar-refractivity contribution in [2.75, 3.05) is 33.9 Å². The zero-order valence-electron chi connectivity index (χ0n) is 15.7.